The van der Waals surface area contributed by atoms with E-state index in [1.54, 1.807) is 0 Å². The Morgan fingerprint density at radius 3 is 2.31 bits per heavy atom. The second-order valence-corrected chi connectivity index (χ2v) is 6.36. The van der Waals surface area contributed by atoms with Crippen LogP contribution in [-0.2, 0) is 0 Å². The van der Waals surface area contributed by atoms with Crippen LogP contribution in [0.3, 0.4) is 0 Å². The molecule has 0 bridgehead atoms. The zero-order valence-corrected chi connectivity index (χ0v) is 15.3. The number of hydrogen-bond donors (Lipinski definition) is 1. The summed E-state index contributed by atoms with van der Waals surface area (Å²) in [5, 5.41) is 0. The van der Waals surface area contributed by atoms with Crippen molar-refractivity contribution < 1.29 is 0 Å². The molecule has 2 N–H and O–H groups in total. The molecule has 1 atom stereocenters. The van der Waals surface area contributed by atoms with Gasteiger partial charge >= 0.3 is 0 Å². The maximum atomic E-state index is 5.70. The first-order chi connectivity index (χ1) is 12.7. The van der Waals surface area contributed by atoms with Gasteiger partial charge in [0.25, 0.3) is 0 Å². The van der Waals surface area contributed by atoms with E-state index in [4.69, 9.17) is 15.7 Å². The fourth-order valence-electron chi connectivity index (χ4n) is 2.75. The van der Waals surface area contributed by atoms with E-state index < -0.39 is 0 Å². The van der Waals surface area contributed by atoms with Gasteiger partial charge in [-0.3, -0.25) is 9.98 Å². The molecule has 2 aromatic rings. The van der Waals surface area contributed by atoms with Crippen molar-refractivity contribution >= 4 is 17.1 Å². The number of para-hydroxylation sites is 1. The van der Waals surface area contributed by atoms with E-state index in [0.29, 0.717) is 12.5 Å². The van der Waals surface area contributed by atoms with Crippen LogP contribution in [-0.4, -0.2) is 23.0 Å². The molecule has 1 aliphatic rings. The molecule has 1 aliphatic carbocycles. The zero-order chi connectivity index (χ0) is 18.4. The minimum Gasteiger partial charge on any atom is -0.330 e. The lowest BCUT2D eigenvalue weighted by Gasteiger charge is -2.12. The van der Waals surface area contributed by atoms with Crippen molar-refractivity contribution in [2.45, 2.75) is 20.3 Å². The van der Waals surface area contributed by atoms with E-state index >= 15 is 0 Å². The Labute approximate surface area is 154 Å². The summed E-state index contributed by atoms with van der Waals surface area (Å²) >= 11 is 0. The van der Waals surface area contributed by atoms with Crippen LogP contribution in [0, 0.1) is 5.92 Å². The third-order valence-corrected chi connectivity index (χ3v) is 4.31. The first kappa shape index (κ1) is 18.0. The first-order valence-corrected chi connectivity index (χ1v) is 8.87. The molecule has 0 spiro atoms. The predicted molar refractivity (Wildman–Crippen MR) is 109 cm³/mol. The third kappa shape index (κ3) is 4.61. The number of aliphatic imine (C=N–C) groups is 2. The summed E-state index contributed by atoms with van der Waals surface area (Å²) in [5.74, 6) is 0.424. The van der Waals surface area contributed by atoms with Crippen molar-refractivity contribution in [2.75, 3.05) is 6.54 Å². The Morgan fingerprint density at radius 2 is 1.69 bits per heavy atom. The van der Waals surface area contributed by atoms with Gasteiger partial charge in [0, 0.05) is 0 Å². The van der Waals surface area contributed by atoms with Gasteiger partial charge < -0.3 is 5.73 Å². The molecule has 132 valence electrons. The fraction of sp³-hybridized carbons (Fsp3) is 0.227. The number of benzene rings is 1. The van der Waals surface area contributed by atoms with Gasteiger partial charge in [-0.25, -0.2) is 4.98 Å². The maximum Gasteiger partial charge on any atom is 0.0849 e. The quantitative estimate of drug-likeness (QED) is 0.815. The van der Waals surface area contributed by atoms with Crippen molar-refractivity contribution in [3.8, 4) is 0 Å². The molecule has 1 heterocycles. The highest BCUT2D eigenvalue weighted by Gasteiger charge is 2.08. The van der Waals surface area contributed by atoms with Crippen molar-refractivity contribution in [1.82, 2.24) is 4.98 Å². The van der Waals surface area contributed by atoms with Gasteiger partial charge in [0.05, 0.1) is 34.2 Å². The van der Waals surface area contributed by atoms with Gasteiger partial charge in [-0.15, -0.1) is 0 Å². The molecule has 0 aliphatic heterocycles. The lowest BCUT2D eigenvalue weighted by atomic mass is 10.00. The molecule has 4 heteroatoms. The molecule has 0 saturated heterocycles. The van der Waals surface area contributed by atoms with E-state index in [-0.39, 0.29) is 0 Å². The average Bonchev–Trinajstić information content (AvgIpc) is 2.69. The molecule has 0 amide bonds. The summed E-state index contributed by atoms with van der Waals surface area (Å²) in [7, 11) is 0. The zero-order valence-electron chi connectivity index (χ0n) is 15.3. The van der Waals surface area contributed by atoms with E-state index in [1.165, 1.54) is 0 Å². The number of pyridine rings is 1. The highest BCUT2D eigenvalue weighted by atomic mass is 14.8. The normalized spacial score (nSPS) is 18.0. The summed E-state index contributed by atoms with van der Waals surface area (Å²) < 4.78 is 0. The second-order valence-electron chi connectivity index (χ2n) is 6.36. The Bertz CT molecular complexity index is 876. The largest absolute Gasteiger partial charge is 0.330 e. The first-order valence-electron chi connectivity index (χ1n) is 8.87. The third-order valence-electron chi connectivity index (χ3n) is 4.31. The van der Waals surface area contributed by atoms with Gasteiger partial charge in [-0.2, -0.15) is 0 Å². The molecule has 0 fully saturated rings. The lowest BCUT2D eigenvalue weighted by molar-refractivity contribution is 0.664. The number of nitrogens with zero attached hydrogens (tertiary/aromatic N) is 3. The topological polar surface area (TPSA) is 63.6 Å². The van der Waals surface area contributed by atoms with Gasteiger partial charge in [0.15, 0.2) is 0 Å². The number of nitrogens with two attached hydrogens (primary N) is 1. The predicted octanol–water partition coefficient (Wildman–Crippen LogP) is 4.45. The van der Waals surface area contributed by atoms with Crippen LogP contribution in [0.5, 0.6) is 0 Å². The van der Waals surface area contributed by atoms with E-state index in [0.717, 1.165) is 40.6 Å². The van der Waals surface area contributed by atoms with Crippen molar-refractivity contribution in [1.29, 1.82) is 0 Å². The van der Waals surface area contributed by atoms with Crippen molar-refractivity contribution in [3.63, 3.8) is 0 Å². The highest BCUT2D eigenvalue weighted by Crippen LogP contribution is 2.17. The van der Waals surface area contributed by atoms with Gasteiger partial charge in [-0.05, 0) is 63.1 Å². The monoisotopic (exact) mass is 344 g/mol. The van der Waals surface area contributed by atoms with Crippen LogP contribution in [0.2, 0.25) is 0 Å². The van der Waals surface area contributed by atoms with E-state index in [2.05, 4.69) is 17.1 Å². The molecule has 26 heavy (non-hydrogen) atoms. The van der Waals surface area contributed by atoms with Crippen LogP contribution in [0.1, 0.15) is 31.7 Å². The van der Waals surface area contributed by atoms with E-state index in [1.807, 2.05) is 68.5 Å². The molecule has 0 radical (unpaired) electrons. The number of allylic oxidation sites excluding steroid dienone is 2. The lowest BCUT2D eigenvalue weighted by Crippen LogP contribution is -2.13. The number of hydrogen-bond acceptors (Lipinski definition) is 4. The van der Waals surface area contributed by atoms with Crippen LogP contribution in [0.25, 0.3) is 0 Å². The minimum absolute atomic E-state index is 0.424. The fourth-order valence-corrected chi connectivity index (χ4v) is 2.75. The molecule has 3 rings (SSSR count). The molecule has 1 aromatic carbocycles. The maximum absolute atomic E-state index is 5.70. The van der Waals surface area contributed by atoms with Crippen LogP contribution >= 0.6 is 0 Å². The Hall–Kier alpha value is -2.85. The number of aromatic nitrogens is 1. The smallest absolute Gasteiger partial charge is 0.0849 e. The summed E-state index contributed by atoms with van der Waals surface area (Å²) in [6, 6.07) is 15.9. The van der Waals surface area contributed by atoms with Gasteiger partial charge in [0.1, 0.15) is 0 Å². The average molecular weight is 344 g/mol. The molecule has 1 aromatic heterocycles. The molecular weight excluding hydrogens is 320 g/mol. The summed E-state index contributed by atoms with van der Waals surface area (Å²) in [6.45, 7) is 4.64. The van der Waals surface area contributed by atoms with Crippen LogP contribution in [0.4, 0.5) is 5.69 Å². The number of rotatable bonds is 5. The van der Waals surface area contributed by atoms with Crippen LogP contribution in [0.15, 0.2) is 82.4 Å². The minimum atomic E-state index is 0.424. The summed E-state index contributed by atoms with van der Waals surface area (Å²) in [5.41, 5.74) is 11.1. The molecular formula is C22H24N4. The Morgan fingerprint density at radius 1 is 1.00 bits per heavy atom. The highest BCUT2D eigenvalue weighted by molar-refractivity contribution is 6.01. The summed E-state index contributed by atoms with van der Waals surface area (Å²) in [6.07, 6.45) is 7.24. The van der Waals surface area contributed by atoms with Crippen molar-refractivity contribution in [2.24, 2.45) is 21.6 Å². The Balaban J connectivity index is 1.81. The molecule has 0 saturated carbocycles. The summed E-state index contributed by atoms with van der Waals surface area (Å²) in [4.78, 5) is 14.1. The van der Waals surface area contributed by atoms with Crippen molar-refractivity contribution in [3.05, 3.63) is 83.8 Å². The van der Waals surface area contributed by atoms with Gasteiger partial charge in [-0.1, -0.05) is 36.4 Å². The SMILES string of the molecule is C/C(=N\C1=CCC(CN)C=C1)c1cccc(/C(C)=N/c2ccccc2)n1. The second kappa shape index (κ2) is 8.50. The van der Waals surface area contributed by atoms with Crippen LogP contribution < -0.4 is 5.73 Å². The molecule has 4 nitrogen and oxygen atoms in total. The Kier molecular flexibility index (Phi) is 5.87. The standard InChI is InChI=1S/C22H24N4/c1-16(24-19-7-4-3-5-8-19)21-9-6-10-22(26-21)17(2)25-20-13-11-18(15-23)12-14-20/h3-11,13-14,18H,12,15,23H2,1-2H3/b24-16+,25-17+. The van der Waals surface area contributed by atoms with Gasteiger partial charge in [0.2, 0.25) is 0 Å². The van der Waals surface area contributed by atoms with E-state index in [9.17, 15) is 0 Å². The molecule has 1 unspecified atom stereocenters.